The molecule has 2 aliphatic rings. The average Bonchev–Trinajstić information content (AvgIpc) is 2.55. The van der Waals surface area contributed by atoms with E-state index >= 15 is 0 Å². The summed E-state index contributed by atoms with van der Waals surface area (Å²) < 4.78 is 25.5. The van der Waals surface area contributed by atoms with Crippen LogP contribution in [0.4, 0.5) is 8.78 Å². The molecule has 0 spiro atoms. The van der Waals surface area contributed by atoms with E-state index in [1.807, 2.05) is 4.90 Å². The third-order valence-electron chi connectivity index (χ3n) is 3.59. The quantitative estimate of drug-likeness (QED) is 0.733. The third-order valence-corrected chi connectivity index (χ3v) is 3.59. The topological polar surface area (TPSA) is 43.7 Å². The minimum absolute atomic E-state index is 0.00142. The molecule has 0 aromatic rings. The number of halogens is 2. The van der Waals surface area contributed by atoms with E-state index in [0.29, 0.717) is 0 Å². The monoisotopic (exact) mass is 221 g/mol. The third kappa shape index (κ3) is 2.00. The molecule has 2 N–H and O–H groups in total. The summed E-state index contributed by atoms with van der Waals surface area (Å²) >= 11 is 0. The van der Waals surface area contributed by atoms with E-state index in [-0.39, 0.29) is 44.2 Å². The summed E-state index contributed by atoms with van der Waals surface area (Å²) in [6.45, 7) is -0.00283. The Labute approximate surface area is 87.7 Å². The van der Waals surface area contributed by atoms with E-state index in [1.165, 1.54) is 0 Å². The molecule has 0 aromatic carbocycles. The zero-order valence-corrected chi connectivity index (χ0v) is 8.57. The van der Waals surface area contributed by atoms with Crippen LogP contribution in [0.5, 0.6) is 0 Å². The fraction of sp³-hybridized carbons (Fsp3) is 1.00. The number of alkyl halides is 2. The zero-order valence-electron chi connectivity index (χ0n) is 8.57. The molecule has 0 unspecified atom stereocenters. The van der Waals surface area contributed by atoms with Crippen LogP contribution in [-0.4, -0.2) is 52.4 Å². The van der Waals surface area contributed by atoms with Gasteiger partial charge in [0, 0.05) is 31.0 Å². The van der Waals surface area contributed by atoms with Gasteiger partial charge in [0.15, 0.2) is 0 Å². The number of rotatable bonds is 3. The molecule has 3 nitrogen and oxygen atoms in total. The molecular formula is C10H17F2NO2. The van der Waals surface area contributed by atoms with Crippen LogP contribution in [0.25, 0.3) is 0 Å². The Kier molecular flexibility index (Phi) is 2.96. The van der Waals surface area contributed by atoms with Crippen LogP contribution in [0.15, 0.2) is 0 Å². The van der Waals surface area contributed by atoms with Crippen LogP contribution in [-0.2, 0) is 0 Å². The Morgan fingerprint density at radius 3 is 1.87 bits per heavy atom. The van der Waals surface area contributed by atoms with Crippen LogP contribution >= 0.6 is 0 Å². The normalized spacial score (nSPS) is 36.8. The van der Waals surface area contributed by atoms with E-state index in [9.17, 15) is 8.78 Å². The first-order valence-electron chi connectivity index (χ1n) is 5.44. The lowest BCUT2D eigenvalue weighted by Crippen LogP contribution is -2.56. The van der Waals surface area contributed by atoms with Crippen LogP contribution in [0.2, 0.25) is 0 Å². The van der Waals surface area contributed by atoms with Crippen molar-refractivity contribution in [3.8, 4) is 0 Å². The summed E-state index contributed by atoms with van der Waals surface area (Å²) in [5, 5.41) is 18.3. The minimum Gasteiger partial charge on any atom is -0.395 e. The van der Waals surface area contributed by atoms with Crippen molar-refractivity contribution in [2.75, 3.05) is 13.2 Å². The summed E-state index contributed by atoms with van der Waals surface area (Å²) in [6.07, 6.45) is 1.34. The van der Waals surface area contributed by atoms with Crippen LogP contribution in [0.1, 0.15) is 25.7 Å². The number of nitrogens with zero attached hydrogens (tertiary/aromatic N) is 1. The molecule has 0 aromatic heterocycles. The average molecular weight is 221 g/mol. The number of hydrogen-bond acceptors (Lipinski definition) is 3. The number of aliphatic hydroxyl groups excluding tert-OH is 2. The minimum atomic E-state index is -2.53. The van der Waals surface area contributed by atoms with Gasteiger partial charge in [0.25, 0.3) is 5.92 Å². The largest absolute Gasteiger partial charge is 0.395 e. The van der Waals surface area contributed by atoms with Crippen LogP contribution in [0.3, 0.4) is 0 Å². The molecular weight excluding hydrogens is 204 g/mol. The smallest absolute Gasteiger partial charge is 0.251 e. The van der Waals surface area contributed by atoms with Crippen molar-refractivity contribution >= 4 is 0 Å². The molecule has 0 amide bonds. The fourth-order valence-electron chi connectivity index (χ4n) is 2.79. The first-order chi connectivity index (χ1) is 7.07. The molecule has 1 saturated carbocycles. The lowest BCUT2D eigenvalue weighted by atomic mass is 9.86. The summed E-state index contributed by atoms with van der Waals surface area (Å²) in [4.78, 5) is 1.90. The highest BCUT2D eigenvalue weighted by atomic mass is 19.3. The summed E-state index contributed by atoms with van der Waals surface area (Å²) in [7, 11) is 0. The second-order valence-corrected chi connectivity index (χ2v) is 4.62. The van der Waals surface area contributed by atoms with E-state index in [2.05, 4.69) is 0 Å². The van der Waals surface area contributed by atoms with Gasteiger partial charge in [-0.1, -0.05) is 0 Å². The first-order valence-corrected chi connectivity index (χ1v) is 5.44. The molecule has 0 radical (unpaired) electrons. The highest BCUT2D eigenvalue weighted by Crippen LogP contribution is 2.44. The Morgan fingerprint density at radius 1 is 1.07 bits per heavy atom. The highest BCUT2D eigenvalue weighted by molar-refractivity contribution is 5.00. The van der Waals surface area contributed by atoms with E-state index in [1.54, 1.807) is 0 Å². The molecule has 1 aliphatic heterocycles. The summed E-state index contributed by atoms with van der Waals surface area (Å²) in [6, 6.07) is -0.233. The van der Waals surface area contributed by atoms with Gasteiger partial charge < -0.3 is 10.2 Å². The Balaban J connectivity index is 1.98. The maximum Gasteiger partial charge on any atom is 0.251 e. The zero-order chi connectivity index (χ0) is 11.1. The summed E-state index contributed by atoms with van der Waals surface area (Å²) in [5.74, 6) is -2.53. The van der Waals surface area contributed by atoms with Crippen molar-refractivity contribution in [3.05, 3.63) is 0 Å². The molecule has 1 saturated heterocycles. The van der Waals surface area contributed by atoms with Gasteiger partial charge in [-0.05, 0) is 12.8 Å². The van der Waals surface area contributed by atoms with Crippen LogP contribution in [0, 0.1) is 0 Å². The van der Waals surface area contributed by atoms with E-state index in [4.69, 9.17) is 10.2 Å². The molecule has 1 aliphatic carbocycles. The molecule has 5 heteroatoms. The number of aliphatic hydroxyl groups is 2. The van der Waals surface area contributed by atoms with E-state index in [0.717, 1.165) is 12.8 Å². The Morgan fingerprint density at radius 2 is 1.53 bits per heavy atom. The molecule has 2 rings (SSSR count). The maximum absolute atomic E-state index is 12.8. The van der Waals surface area contributed by atoms with Gasteiger partial charge in [-0.3, -0.25) is 4.90 Å². The molecule has 2 fully saturated rings. The molecule has 15 heavy (non-hydrogen) atoms. The Bertz CT molecular complexity index is 217. The molecule has 88 valence electrons. The maximum atomic E-state index is 12.8. The van der Waals surface area contributed by atoms with Gasteiger partial charge >= 0.3 is 0 Å². The van der Waals surface area contributed by atoms with Crippen molar-refractivity contribution < 1.29 is 19.0 Å². The first kappa shape index (κ1) is 11.2. The van der Waals surface area contributed by atoms with Gasteiger partial charge in [0.05, 0.1) is 13.2 Å². The number of likely N-dealkylation sites (tertiary alicyclic amines) is 1. The van der Waals surface area contributed by atoms with Crippen molar-refractivity contribution in [2.24, 2.45) is 0 Å². The second kappa shape index (κ2) is 3.96. The van der Waals surface area contributed by atoms with Crippen molar-refractivity contribution in [1.29, 1.82) is 0 Å². The standard InChI is InChI=1S/C10H17F2NO2/c11-10(12)3-9(4-10)13-7(5-14)1-2-8(13)6-15/h7-9,14-15H,1-6H2/t7-,8+. The fourth-order valence-corrected chi connectivity index (χ4v) is 2.79. The molecule has 2 atom stereocenters. The summed E-state index contributed by atoms with van der Waals surface area (Å²) in [5.41, 5.74) is 0. The lowest BCUT2D eigenvalue weighted by molar-refractivity contribution is -0.138. The number of hydrogen-bond donors (Lipinski definition) is 2. The highest BCUT2D eigenvalue weighted by Gasteiger charge is 2.51. The predicted octanol–water partition coefficient (Wildman–Crippen LogP) is 0.602. The Hall–Kier alpha value is -0.260. The molecule has 0 bridgehead atoms. The molecule has 1 heterocycles. The van der Waals surface area contributed by atoms with Gasteiger partial charge in [-0.2, -0.15) is 0 Å². The van der Waals surface area contributed by atoms with Crippen molar-refractivity contribution in [3.63, 3.8) is 0 Å². The van der Waals surface area contributed by atoms with E-state index < -0.39 is 5.92 Å². The van der Waals surface area contributed by atoms with Gasteiger partial charge in [-0.15, -0.1) is 0 Å². The lowest BCUT2D eigenvalue weighted by Gasteiger charge is -2.45. The van der Waals surface area contributed by atoms with Gasteiger partial charge in [-0.25, -0.2) is 8.78 Å². The van der Waals surface area contributed by atoms with Crippen LogP contribution < -0.4 is 0 Å². The second-order valence-electron chi connectivity index (χ2n) is 4.62. The SMILES string of the molecule is OC[C@@H]1CC[C@H](CO)N1C1CC(F)(F)C1. The van der Waals surface area contributed by atoms with Gasteiger partial charge in [0.1, 0.15) is 0 Å². The van der Waals surface area contributed by atoms with Gasteiger partial charge in [0.2, 0.25) is 0 Å². The van der Waals surface area contributed by atoms with Crippen molar-refractivity contribution in [2.45, 2.75) is 49.7 Å². The predicted molar refractivity (Wildman–Crippen MR) is 50.8 cm³/mol. The van der Waals surface area contributed by atoms with Crippen molar-refractivity contribution in [1.82, 2.24) is 4.90 Å².